The molecule has 36 heavy (non-hydrogen) atoms. The van der Waals surface area contributed by atoms with E-state index in [4.69, 9.17) is 17.0 Å². The van der Waals surface area contributed by atoms with Crippen LogP contribution in [0.15, 0.2) is 119 Å². The van der Waals surface area contributed by atoms with E-state index in [0.717, 1.165) is 4.90 Å². The molecule has 2 heterocycles. The molecule has 1 saturated heterocycles. The van der Waals surface area contributed by atoms with Gasteiger partial charge in [-0.15, -0.1) is 0 Å². The largest absolute Gasteiger partial charge is 0.457 e. The third-order valence-corrected chi connectivity index (χ3v) is 6.56. The van der Waals surface area contributed by atoms with Gasteiger partial charge in [-0.2, -0.15) is 0 Å². The number of hydrogen-bond acceptors (Lipinski definition) is 6. The van der Waals surface area contributed by atoms with E-state index in [9.17, 15) is 9.59 Å². The summed E-state index contributed by atoms with van der Waals surface area (Å²) in [5.74, 6) is 0.246. The van der Waals surface area contributed by atoms with Crippen molar-refractivity contribution in [2.24, 2.45) is 0 Å². The van der Waals surface area contributed by atoms with Crippen LogP contribution in [0.25, 0.3) is 6.08 Å². The van der Waals surface area contributed by atoms with Gasteiger partial charge in [0.15, 0.2) is 5.11 Å². The number of para-hydroxylation sites is 1. The summed E-state index contributed by atoms with van der Waals surface area (Å²) in [5.41, 5.74) is 1.14. The lowest BCUT2D eigenvalue weighted by Gasteiger charge is -2.29. The number of aromatic nitrogens is 1. The first kappa shape index (κ1) is 23.5. The molecular formula is C28H19N3O3S2. The Morgan fingerprint density at radius 2 is 1.50 bits per heavy atom. The molecule has 0 aliphatic carbocycles. The first-order valence-corrected chi connectivity index (χ1v) is 12.2. The second-order valence-electron chi connectivity index (χ2n) is 7.68. The topological polar surface area (TPSA) is 71.5 Å². The number of benzene rings is 3. The van der Waals surface area contributed by atoms with Crippen molar-refractivity contribution in [3.8, 4) is 11.5 Å². The molecule has 0 spiro atoms. The Morgan fingerprint density at radius 3 is 2.22 bits per heavy atom. The molecular weight excluding hydrogens is 490 g/mol. The van der Waals surface area contributed by atoms with Crippen molar-refractivity contribution in [2.75, 3.05) is 4.90 Å². The zero-order valence-electron chi connectivity index (χ0n) is 18.8. The van der Waals surface area contributed by atoms with Gasteiger partial charge in [-0.05, 0) is 72.9 Å². The number of ether oxygens (including phenoxy) is 1. The van der Waals surface area contributed by atoms with Gasteiger partial charge in [-0.1, -0.05) is 54.2 Å². The van der Waals surface area contributed by atoms with Crippen molar-refractivity contribution in [3.63, 3.8) is 0 Å². The molecule has 1 N–H and O–H groups in total. The highest BCUT2D eigenvalue weighted by atomic mass is 32.2. The lowest BCUT2D eigenvalue weighted by atomic mass is 10.1. The highest BCUT2D eigenvalue weighted by molar-refractivity contribution is 7.99. The summed E-state index contributed by atoms with van der Waals surface area (Å²) < 4.78 is 5.83. The molecule has 0 atom stereocenters. The lowest BCUT2D eigenvalue weighted by Crippen LogP contribution is -2.54. The normalized spacial score (nSPS) is 14.6. The van der Waals surface area contributed by atoms with Crippen LogP contribution < -0.4 is 15.0 Å². The van der Waals surface area contributed by atoms with Crippen LogP contribution in [0.1, 0.15) is 5.56 Å². The Kier molecular flexibility index (Phi) is 6.88. The van der Waals surface area contributed by atoms with Gasteiger partial charge < -0.3 is 4.74 Å². The molecule has 8 heteroatoms. The van der Waals surface area contributed by atoms with Gasteiger partial charge >= 0.3 is 0 Å². The Hall–Kier alpha value is -4.27. The smallest absolute Gasteiger partial charge is 0.270 e. The Labute approximate surface area is 217 Å². The second kappa shape index (κ2) is 10.6. The van der Waals surface area contributed by atoms with Crippen LogP contribution in [0.3, 0.4) is 0 Å². The molecule has 176 valence electrons. The molecule has 3 aromatic carbocycles. The maximum atomic E-state index is 13.4. The minimum atomic E-state index is -0.551. The summed E-state index contributed by atoms with van der Waals surface area (Å²) >= 11 is 6.78. The number of hydrogen-bond donors (Lipinski definition) is 1. The fourth-order valence-corrected chi connectivity index (χ4v) is 4.69. The molecule has 0 unspecified atom stereocenters. The van der Waals surface area contributed by atoms with Crippen LogP contribution in [0.4, 0.5) is 5.69 Å². The van der Waals surface area contributed by atoms with Crippen molar-refractivity contribution in [1.29, 1.82) is 0 Å². The second-order valence-corrected chi connectivity index (χ2v) is 9.13. The molecule has 5 rings (SSSR count). The minimum Gasteiger partial charge on any atom is -0.457 e. The van der Waals surface area contributed by atoms with Crippen molar-refractivity contribution in [2.45, 2.75) is 9.92 Å². The highest BCUT2D eigenvalue weighted by Crippen LogP contribution is 2.31. The third kappa shape index (κ3) is 5.19. The highest BCUT2D eigenvalue weighted by Gasteiger charge is 2.34. The van der Waals surface area contributed by atoms with Crippen molar-refractivity contribution in [1.82, 2.24) is 10.3 Å². The van der Waals surface area contributed by atoms with Crippen molar-refractivity contribution in [3.05, 3.63) is 114 Å². The van der Waals surface area contributed by atoms with E-state index >= 15 is 0 Å². The molecule has 0 bridgehead atoms. The van der Waals surface area contributed by atoms with Crippen molar-refractivity contribution < 1.29 is 14.3 Å². The predicted octanol–water partition coefficient (Wildman–Crippen LogP) is 5.86. The molecule has 2 amide bonds. The molecule has 4 aromatic rings. The number of carbonyl (C=O) groups is 2. The van der Waals surface area contributed by atoms with E-state index < -0.39 is 11.8 Å². The number of nitrogens with one attached hydrogen (secondary N) is 1. The maximum Gasteiger partial charge on any atom is 0.270 e. The van der Waals surface area contributed by atoms with Gasteiger partial charge in [0.05, 0.1) is 5.69 Å². The molecule has 6 nitrogen and oxygen atoms in total. The summed E-state index contributed by atoms with van der Waals surface area (Å²) in [6.07, 6.45) is 3.23. The Morgan fingerprint density at radius 1 is 0.833 bits per heavy atom. The third-order valence-electron chi connectivity index (χ3n) is 5.23. The fraction of sp³-hybridized carbons (Fsp3) is 0. The summed E-state index contributed by atoms with van der Waals surface area (Å²) in [6, 6.07) is 29.7. The first-order valence-electron chi connectivity index (χ1n) is 11.0. The molecule has 0 radical (unpaired) electrons. The van der Waals surface area contributed by atoms with E-state index in [0.29, 0.717) is 27.8 Å². The molecule has 1 aliphatic rings. The number of rotatable bonds is 6. The standard InChI is InChI=1S/C28H19N3O3S2/c32-25-24(18-19-8-7-17-29-26(19)36-23-11-5-2-6-12-23)27(33)31(28(35)30-25)20-13-15-22(16-14-20)34-21-9-3-1-4-10-21/h1-18H,(H,30,32,35). The van der Waals surface area contributed by atoms with Crippen LogP contribution in [0.5, 0.6) is 11.5 Å². The number of pyridine rings is 1. The van der Waals surface area contributed by atoms with Gasteiger partial charge in [0.2, 0.25) is 0 Å². The number of anilines is 1. The first-order chi connectivity index (χ1) is 17.6. The predicted molar refractivity (Wildman–Crippen MR) is 144 cm³/mol. The van der Waals surface area contributed by atoms with E-state index in [-0.39, 0.29) is 10.7 Å². The number of amides is 2. The minimum absolute atomic E-state index is 0.0175. The van der Waals surface area contributed by atoms with Crippen LogP contribution in [0.2, 0.25) is 0 Å². The van der Waals surface area contributed by atoms with Gasteiger partial charge in [-0.3, -0.25) is 19.8 Å². The lowest BCUT2D eigenvalue weighted by molar-refractivity contribution is -0.122. The monoisotopic (exact) mass is 509 g/mol. The van der Waals surface area contributed by atoms with Gasteiger partial charge in [0.25, 0.3) is 11.8 Å². The molecule has 1 aliphatic heterocycles. The van der Waals surface area contributed by atoms with Gasteiger partial charge in [-0.25, -0.2) is 4.98 Å². The molecule has 1 aromatic heterocycles. The summed E-state index contributed by atoms with van der Waals surface area (Å²) in [7, 11) is 0. The molecule has 0 saturated carbocycles. The average molecular weight is 510 g/mol. The fourth-order valence-electron chi connectivity index (χ4n) is 3.53. The zero-order valence-corrected chi connectivity index (χ0v) is 20.5. The Balaban J connectivity index is 1.42. The van der Waals surface area contributed by atoms with E-state index in [1.807, 2.05) is 66.7 Å². The van der Waals surface area contributed by atoms with E-state index in [2.05, 4.69) is 10.3 Å². The van der Waals surface area contributed by atoms with Crippen molar-refractivity contribution >= 4 is 52.7 Å². The number of nitrogens with zero attached hydrogens (tertiary/aromatic N) is 2. The average Bonchev–Trinajstić information content (AvgIpc) is 2.89. The van der Waals surface area contributed by atoms with Crippen LogP contribution >= 0.6 is 24.0 Å². The maximum absolute atomic E-state index is 13.4. The zero-order chi connectivity index (χ0) is 24.9. The number of carbonyl (C=O) groups excluding carboxylic acids is 2. The SMILES string of the molecule is O=C1NC(=S)N(c2ccc(Oc3ccccc3)cc2)C(=O)C1=Cc1cccnc1Sc1ccccc1. The quantitative estimate of drug-likeness (QED) is 0.200. The molecule has 1 fully saturated rings. The van der Waals surface area contributed by atoms with E-state index in [1.165, 1.54) is 16.7 Å². The van der Waals surface area contributed by atoms with Gasteiger partial charge in [0, 0.05) is 16.7 Å². The summed E-state index contributed by atoms with van der Waals surface area (Å²) in [6.45, 7) is 0. The van der Waals surface area contributed by atoms with Crippen LogP contribution in [-0.2, 0) is 9.59 Å². The van der Waals surface area contributed by atoms with E-state index in [1.54, 1.807) is 42.6 Å². The van der Waals surface area contributed by atoms with Gasteiger partial charge in [0.1, 0.15) is 22.1 Å². The number of thiocarbonyl (C=S) groups is 1. The summed E-state index contributed by atoms with van der Waals surface area (Å²) in [5, 5.41) is 3.32. The summed E-state index contributed by atoms with van der Waals surface area (Å²) in [4.78, 5) is 33.0. The van der Waals surface area contributed by atoms with Crippen LogP contribution in [0, 0.1) is 0 Å². The Bertz CT molecular complexity index is 1460. The van der Waals surface area contributed by atoms with Crippen LogP contribution in [-0.4, -0.2) is 21.9 Å².